The molecule has 0 aromatic heterocycles. The Balaban J connectivity index is 1.54. The first kappa shape index (κ1) is 12.6. The van der Waals surface area contributed by atoms with Crippen molar-refractivity contribution in [3.8, 4) is 0 Å². The van der Waals surface area contributed by atoms with Crippen molar-refractivity contribution in [3.05, 3.63) is 27.8 Å². The molecular weight excluding hydrogens is 369 g/mol. The fraction of sp³-hybridized carbons (Fsp3) is 0.467. The van der Waals surface area contributed by atoms with Crippen molar-refractivity contribution in [2.75, 3.05) is 5.32 Å². The lowest BCUT2D eigenvalue weighted by Gasteiger charge is -2.23. The first-order chi connectivity index (χ1) is 9.63. The maximum absolute atomic E-state index is 12.5. The number of nitrogens with one attached hydrogen (secondary N) is 1. The van der Waals surface area contributed by atoms with Gasteiger partial charge in [0.05, 0.1) is 11.8 Å². The van der Waals surface area contributed by atoms with Gasteiger partial charge in [-0.3, -0.25) is 9.59 Å². The van der Waals surface area contributed by atoms with E-state index in [2.05, 4.69) is 27.9 Å². The van der Waals surface area contributed by atoms with Crippen LogP contribution < -0.4 is 5.32 Å². The Labute approximate surface area is 130 Å². The van der Waals surface area contributed by atoms with E-state index in [1.807, 2.05) is 24.3 Å². The van der Waals surface area contributed by atoms with E-state index in [1.54, 1.807) is 0 Å². The Hall–Kier alpha value is -1.11. The van der Waals surface area contributed by atoms with Gasteiger partial charge in [-0.05, 0) is 65.6 Å². The van der Waals surface area contributed by atoms with Crippen molar-refractivity contribution < 1.29 is 14.3 Å². The summed E-state index contributed by atoms with van der Waals surface area (Å²) >= 11 is 2.23. The first-order valence-corrected chi connectivity index (χ1v) is 7.98. The number of esters is 1. The summed E-state index contributed by atoms with van der Waals surface area (Å²) in [5.41, 5.74) is 0.793. The number of hydrogen-bond donors (Lipinski definition) is 1. The number of benzene rings is 1. The summed E-state index contributed by atoms with van der Waals surface area (Å²) in [6.45, 7) is 0. The summed E-state index contributed by atoms with van der Waals surface area (Å²) in [4.78, 5) is 24.4. The lowest BCUT2D eigenvalue weighted by atomic mass is 9.79. The van der Waals surface area contributed by atoms with E-state index in [-0.39, 0.29) is 35.7 Å². The second-order valence-electron chi connectivity index (χ2n) is 5.92. The van der Waals surface area contributed by atoms with Crippen LogP contribution >= 0.6 is 22.6 Å². The van der Waals surface area contributed by atoms with Crippen molar-refractivity contribution in [2.45, 2.75) is 18.9 Å². The number of carbonyl (C=O) groups excluding carboxylic acids is 2. The molecule has 2 aliphatic carbocycles. The molecule has 1 heterocycles. The van der Waals surface area contributed by atoms with E-state index >= 15 is 0 Å². The number of halogens is 1. The van der Waals surface area contributed by atoms with Gasteiger partial charge in [0.1, 0.15) is 6.10 Å². The molecular formula is C15H14INO3. The first-order valence-electron chi connectivity index (χ1n) is 6.90. The fourth-order valence-corrected chi connectivity index (χ4v) is 4.48. The van der Waals surface area contributed by atoms with Crippen LogP contribution in [0, 0.1) is 27.2 Å². The normalized spacial score (nSPS) is 37.0. The summed E-state index contributed by atoms with van der Waals surface area (Å²) in [7, 11) is 0. The van der Waals surface area contributed by atoms with Crippen molar-refractivity contribution in [1.82, 2.24) is 0 Å². The summed E-state index contributed by atoms with van der Waals surface area (Å²) in [5.74, 6) is -0.0119. The molecule has 3 aliphatic rings. The Bertz CT molecular complexity index is 583. The SMILES string of the molecule is O=C(Nc1ccc(I)cc1)[C@@H]1[C@@H]2C[C@@H]3[C@@H]1C(=O)O[C@H]3C2. The standard InChI is InChI=1S/C15H14INO3/c16-8-1-3-9(4-2-8)17-14(18)12-7-5-10-11(6-7)20-15(19)13(10)12/h1-4,7,10-13H,5-6H2,(H,17,18)/t7-,10+,11+,12-,13+/m1/s1. The highest BCUT2D eigenvalue weighted by Crippen LogP contribution is 2.57. The van der Waals surface area contributed by atoms with Gasteiger partial charge in [-0.1, -0.05) is 0 Å². The molecule has 1 amide bonds. The molecule has 104 valence electrons. The van der Waals surface area contributed by atoms with E-state index in [9.17, 15) is 9.59 Å². The number of rotatable bonds is 2. The van der Waals surface area contributed by atoms with Crippen molar-refractivity contribution >= 4 is 40.2 Å². The molecule has 0 radical (unpaired) electrons. The number of amides is 1. The number of carbonyl (C=O) groups is 2. The maximum atomic E-state index is 12.5. The predicted molar refractivity (Wildman–Crippen MR) is 80.9 cm³/mol. The van der Waals surface area contributed by atoms with Gasteiger partial charge in [-0.25, -0.2) is 0 Å². The molecule has 2 bridgehead atoms. The molecule has 1 aliphatic heterocycles. The number of hydrogen-bond acceptors (Lipinski definition) is 3. The minimum Gasteiger partial charge on any atom is -0.462 e. The largest absolute Gasteiger partial charge is 0.462 e. The van der Waals surface area contributed by atoms with Crippen molar-refractivity contribution in [3.63, 3.8) is 0 Å². The molecule has 5 atom stereocenters. The second kappa shape index (κ2) is 4.44. The van der Waals surface area contributed by atoms with Crippen LogP contribution in [-0.2, 0) is 14.3 Å². The second-order valence-corrected chi connectivity index (χ2v) is 7.16. The van der Waals surface area contributed by atoms with Gasteiger partial charge in [0, 0.05) is 15.2 Å². The minimum absolute atomic E-state index is 0.0268. The smallest absolute Gasteiger partial charge is 0.310 e. The van der Waals surface area contributed by atoms with Gasteiger partial charge in [0.2, 0.25) is 5.91 Å². The highest BCUT2D eigenvalue weighted by molar-refractivity contribution is 14.1. The van der Waals surface area contributed by atoms with Crippen LogP contribution in [0.4, 0.5) is 5.69 Å². The molecule has 0 spiro atoms. The average molecular weight is 383 g/mol. The van der Waals surface area contributed by atoms with Gasteiger partial charge in [-0.15, -0.1) is 0 Å². The van der Waals surface area contributed by atoms with Crippen molar-refractivity contribution in [2.24, 2.45) is 23.7 Å². The van der Waals surface area contributed by atoms with E-state index < -0.39 is 0 Å². The molecule has 1 aromatic carbocycles. The third kappa shape index (κ3) is 1.78. The van der Waals surface area contributed by atoms with Crippen LogP contribution in [0.1, 0.15) is 12.8 Å². The Morgan fingerprint density at radius 3 is 2.75 bits per heavy atom. The monoisotopic (exact) mass is 383 g/mol. The molecule has 4 rings (SSSR count). The van der Waals surface area contributed by atoms with Crippen LogP contribution in [0.2, 0.25) is 0 Å². The number of fused-ring (bicyclic) bond motifs is 1. The predicted octanol–water partition coefficient (Wildman–Crippen LogP) is 2.43. The average Bonchev–Trinajstić information content (AvgIpc) is 3.02. The van der Waals surface area contributed by atoms with E-state index in [0.29, 0.717) is 5.92 Å². The van der Waals surface area contributed by atoms with E-state index in [1.165, 1.54) is 0 Å². The van der Waals surface area contributed by atoms with Gasteiger partial charge in [-0.2, -0.15) is 0 Å². The fourth-order valence-electron chi connectivity index (χ4n) is 4.12. The van der Waals surface area contributed by atoms with Crippen LogP contribution in [0.15, 0.2) is 24.3 Å². The van der Waals surface area contributed by atoms with Gasteiger partial charge in [0.25, 0.3) is 0 Å². The molecule has 2 saturated carbocycles. The molecule has 4 nitrogen and oxygen atoms in total. The van der Waals surface area contributed by atoms with Crippen LogP contribution in [0.5, 0.6) is 0 Å². The van der Waals surface area contributed by atoms with Crippen molar-refractivity contribution in [1.29, 1.82) is 0 Å². The topological polar surface area (TPSA) is 55.4 Å². The zero-order chi connectivity index (χ0) is 13.9. The Morgan fingerprint density at radius 2 is 2.00 bits per heavy atom. The van der Waals surface area contributed by atoms with Gasteiger partial charge >= 0.3 is 5.97 Å². The molecule has 0 unspecified atom stereocenters. The third-order valence-electron chi connectivity index (χ3n) is 4.90. The van der Waals surface area contributed by atoms with Crippen LogP contribution in [-0.4, -0.2) is 18.0 Å². The lowest BCUT2D eigenvalue weighted by molar-refractivity contribution is -0.145. The molecule has 1 N–H and O–H groups in total. The number of anilines is 1. The minimum atomic E-state index is -0.206. The summed E-state index contributed by atoms with van der Waals surface area (Å²) in [6.07, 6.45) is 1.91. The zero-order valence-electron chi connectivity index (χ0n) is 10.7. The molecule has 1 aromatic rings. The highest BCUT2D eigenvalue weighted by Gasteiger charge is 2.63. The van der Waals surface area contributed by atoms with Crippen LogP contribution in [0.25, 0.3) is 0 Å². The molecule has 20 heavy (non-hydrogen) atoms. The van der Waals surface area contributed by atoms with E-state index in [4.69, 9.17) is 4.74 Å². The Morgan fingerprint density at radius 1 is 1.25 bits per heavy atom. The summed E-state index contributed by atoms with van der Waals surface area (Å²) in [5, 5.41) is 2.95. The highest BCUT2D eigenvalue weighted by atomic mass is 127. The Kier molecular flexibility index (Phi) is 2.80. The van der Waals surface area contributed by atoms with Gasteiger partial charge in [0.15, 0.2) is 0 Å². The third-order valence-corrected chi connectivity index (χ3v) is 5.62. The maximum Gasteiger partial charge on any atom is 0.310 e. The summed E-state index contributed by atoms with van der Waals surface area (Å²) in [6, 6.07) is 7.69. The zero-order valence-corrected chi connectivity index (χ0v) is 12.9. The van der Waals surface area contributed by atoms with Crippen LogP contribution in [0.3, 0.4) is 0 Å². The molecule has 5 heteroatoms. The summed E-state index contributed by atoms with van der Waals surface area (Å²) < 4.78 is 6.49. The quantitative estimate of drug-likeness (QED) is 0.631. The van der Waals surface area contributed by atoms with Gasteiger partial charge < -0.3 is 10.1 Å². The lowest BCUT2D eigenvalue weighted by Crippen LogP contribution is -2.35. The van der Waals surface area contributed by atoms with E-state index in [0.717, 1.165) is 22.1 Å². The number of ether oxygens (including phenoxy) is 1. The molecule has 1 saturated heterocycles. The molecule has 3 fully saturated rings.